The first-order chi connectivity index (χ1) is 10.5. The number of aliphatic imine (C=N–C) groups is 1. The standard InChI is InChI=1S/C20H42N2/c1-7-17(6)13-14-18(8-2)12-10-11-15-22-20(21)19(9-3)16(4)5/h16-19H,7-15H2,1-6H3,(H2,21,22). The fraction of sp³-hybridized carbons (Fsp3) is 0.950. The SMILES string of the molecule is CCC(C)CCC(CC)CCCCN=C(N)C(CC)C(C)C. The van der Waals surface area contributed by atoms with E-state index in [2.05, 4.69) is 46.5 Å². The molecule has 0 rings (SSSR count). The Labute approximate surface area is 140 Å². The van der Waals surface area contributed by atoms with Gasteiger partial charge in [-0.3, -0.25) is 4.99 Å². The van der Waals surface area contributed by atoms with Crippen LogP contribution in [0, 0.1) is 23.7 Å². The summed E-state index contributed by atoms with van der Waals surface area (Å²) in [5, 5.41) is 0. The molecule has 0 bridgehead atoms. The Hall–Kier alpha value is -0.530. The third kappa shape index (κ3) is 9.48. The van der Waals surface area contributed by atoms with Gasteiger partial charge in [0.25, 0.3) is 0 Å². The zero-order chi connectivity index (χ0) is 17.0. The number of nitrogens with zero attached hydrogens (tertiary/aromatic N) is 1. The Morgan fingerprint density at radius 1 is 0.864 bits per heavy atom. The van der Waals surface area contributed by atoms with Gasteiger partial charge in [0.2, 0.25) is 0 Å². The highest BCUT2D eigenvalue weighted by molar-refractivity contribution is 5.83. The van der Waals surface area contributed by atoms with Crippen LogP contribution in [-0.4, -0.2) is 12.4 Å². The lowest BCUT2D eigenvalue weighted by atomic mass is 9.90. The fourth-order valence-corrected chi connectivity index (χ4v) is 3.17. The fourth-order valence-electron chi connectivity index (χ4n) is 3.17. The van der Waals surface area contributed by atoms with E-state index in [0.717, 1.165) is 30.6 Å². The Bertz CT molecular complexity index is 283. The van der Waals surface area contributed by atoms with Crippen LogP contribution in [0.5, 0.6) is 0 Å². The van der Waals surface area contributed by atoms with Crippen molar-refractivity contribution in [3.05, 3.63) is 0 Å². The van der Waals surface area contributed by atoms with Crippen molar-refractivity contribution in [3.63, 3.8) is 0 Å². The molecule has 132 valence electrons. The first-order valence-corrected chi connectivity index (χ1v) is 9.75. The van der Waals surface area contributed by atoms with E-state index in [9.17, 15) is 0 Å². The van der Waals surface area contributed by atoms with Crippen LogP contribution in [0.1, 0.15) is 92.9 Å². The van der Waals surface area contributed by atoms with E-state index in [4.69, 9.17) is 5.73 Å². The molecule has 2 nitrogen and oxygen atoms in total. The van der Waals surface area contributed by atoms with Gasteiger partial charge in [0, 0.05) is 12.5 Å². The number of amidine groups is 1. The van der Waals surface area contributed by atoms with Crippen molar-refractivity contribution >= 4 is 5.84 Å². The van der Waals surface area contributed by atoms with Crippen LogP contribution >= 0.6 is 0 Å². The number of nitrogens with two attached hydrogens (primary N) is 1. The van der Waals surface area contributed by atoms with Crippen molar-refractivity contribution < 1.29 is 0 Å². The molecule has 0 heterocycles. The second-order valence-corrected chi connectivity index (χ2v) is 7.43. The molecule has 0 fully saturated rings. The monoisotopic (exact) mass is 310 g/mol. The van der Waals surface area contributed by atoms with Gasteiger partial charge in [-0.1, -0.05) is 80.1 Å². The molecule has 0 radical (unpaired) electrons. The van der Waals surface area contributed by atoms with E-state index in [0.29, 0.717) is 11.8 Å². The maximum absolute atomic E-state index is 6.14. The van der Waals surface area contributed by atoms with E-state index in [-0.39, 0.29) is 0 Å². The van der Waals surface area contributed by atoms with Crippen molar-refractivity contribution in [2.24, 2.45) is 34.4 Å². The summed E-state index contributed by atoms with van der Waals surface area (Å²) in [5.41, 5.74) is 6.14. The topological polar surface area (TPSA) is 38.4 Å². The van der Waals surface area contributed by atoms with Crippen molar-refractivity contribution in [3.8, 4) is 0 Å². The Balaban J connectivity index is 3.94. The van der Waals surface area contributed by atoms with Gasteiger partial charge in [0.1, 0.15) is 0 Å². The molecule has 0 aliphatic heterocycles. The van der Waals surface area contributed by atoms with E-state index < -0.39 is 0 Å². The summed E-state index contributed by atoms with van der Waals surface area (Å²) in [5.74, 6) is 3.73. The van der Waals surface area contributed by atoms with Gasteiger partial charge in [0.05, 0.1) is 5.84 Å². The Morgan fingerprint density at radius 3 is 2.05 bits per heavy atom. The Morgan fingerprint density at radius 2 is 1.55 bits per heavy atom. The van der Waals surface area contributed by atoms with Gasteiger partial charge in [-0.25, -0.2) is 0 Å². The molecular formula is C20H42N2. The first kappa shape index (κ1) is 21.5. The highest BCUT2D eigenvalue weighted by Crippen LogP contribution is 2.22. The molecule has 3 unspecified atom stereocenters. The predicted octanol–water partition coefficient (Wildman–Crippen LogP) is 6.05. The predicted molar refractivity (Wildman–Crippen MR) is 101 cm³/mol. The third-order valence-electron chi connectivity index (χ3n) is 5.28. The highest BCUT2D eigenvalue weighted by atomic mass is 14.9. The third-order valence-corrected chi connectivity index (χ3v) is 5.28. The van der Waals surface area contributed by atoms with Crippen LogP contribution in [0.25, 0.3) is 0 Å². The lowest BCUT2D eigenvalue weighted by Gasteiger charge is -2.18. The van der Waals surface area contributed by atoms with Crippen LogP contribution in [0.3, 0.4) is 0 Å². The maximum Gasteiger partial charge on any atom is 0.0970 e. The van der Waals surface area contributed by atoms with Gasteiger partial charge < -0.3 is 5.73 Å². The molecule has 2 N–H and O–H groups in total. The molecule has 0 aromatic heterocycles. The average molecular weight is 311 g/mol. The molecule has 0 saturated carbocycles. The van der Waals surface area contributed by atoms with E-state index in [1.165, 1.54) is 44.9 Å². The van der Waals surface area contributed by atoms with Crippen LogP contribution in [-0.2, 0) is 0 Å². The lowest BCUT2D eigenvalue weighted by Crippen LogP contribution is -2.27. The molecule has 0 aromatic carbocycles. The smallest absolute Gasteiger partial charge is 0.0970 e. The van der Waals surface area contributed by atoms with Crippen LogP contribution in [0.2, 0.25) is 0 Å². The molecule has 0 aliphatic carbocycles. The van der Waals surface area contributed by atoms with Crippen LogP contribution in [0.15, 0.2) is 4.99 Å². The Kier molecular flexibility index (Phi) is 12.6. The number of hydrogen-bond donors (Lipinski definition) is 1. The van der Waals surface area contributed by atoms with E-state index in [1.807, 2.05) is 0 Å². The largest absolute Gasteiger partial charge is 0.387 e. The van der Waals surface area contributed by atoms with Crippen molar-refractivity contribution in [2.45, 2.75) is 92.9 Å². The van der Waals surface area contributed by atoms with Crippen molar-refractivity contribution in [2.75, 3.05) is 6.54 Å². The van der Waals surface area contributed by atoms with Crippen molar-refractivity contribution in [1.29, 1.82) is 0 Å². The van der Waals surface area contributed by atoms with E-state index in [1.54, 1.807) is 0 Å². The average Bonchev–Trinajstić information content (AvgIpc) is 2.49. The zero-order valence-electron chi connectivity index (χ0n) is 16.2. The molecule has 0 aliphatic rings. The lowest BCUT2D eigenvalue weighted by molar-refractivity contribution is 0.366. The highest BCUT2D eigenvalue weighted by Gasteiger charge is 2.14. The molecule has 2 heteroatoms. The summed E-state index contributed by atoms with van der Waals surface area (Å²) in [6, 6.07) is 0. The maximum atomic E-state index is 6.14. The minimum absolute atomic E-state index is 0.457. The summed E-state index contributed by atoms with van der Waals surface area (Å²) in [7, 11) is 0. The van der Waals surface area contributed by atoms with Gasteiger partial charge in [-0.05, 0) is 30.6 Å². The van der Waals surface area contributed by atoms with Crippen molar-refractivity contribution in [1.82, 2.24) is 0 Å². The minimum atomic E-state index is 0.457. The summed E-state index contributed by atoms with van der Waals surface area (Å²) < 4.78 is 0. The van der Waals surface area contributed by atoms with Crippen LogP contribution < -0.4 is 5.73 Å². The summed E-state index contributed by atoms with van der Waals surface area (Å²) in [6.45, 7) is 14.6. The van der Waals surface area contributed by atoms with Gasteiger partial charge in [-0.2, -0.15) is 0 Å². The molecule has 22 heavy (non-hydrogen) atoms. The number of rotatable bonds is 13. The normalized spacial score (nSPS) is 16.8. The molecule has 0 spiro atoms. The molecule has 0 amide bonds. The summed E-state index contributed by atoms with van der Waals surface area (Å²) >= 11 is 0. The van der Waals surface area contributed by atoms with Gasteiger partial charge in [0.15, 0.2) is 0 Å². The van der Waals surface area contributed by atoms with E-state index >= 15 is 0 Å². The minimum Gasteiger partial charge on any atom is -0.387 e. The van der Waals surface area contributed by atoms with Gasteiger partial charge in [-0.15, -0.1) is 0 Å². The summed E-state index contributed by atoms with van der Waals surface area (Å²) in [4.78, 5) is 4.62. The van der Waals surface area contributed by atoms with Crippen LogP contribution in [0.4, 0.5) is 0 Å². The second kappa shape index (κ2) is 13.0. The molecule has 0 saturated heterocycles. The van der Waals surface area contributed by atoms with Gasteiger partial charge >= 0.3 is 0 Å². The zero-order valence-corrected chi connectivity index (χ0v) is 16.2. The number of hydrogen-bond acceptors (Lipinski definition) is 1. The first-order valence-electron chi connectivity index (χ1n) is 9.75. The molecule has 0 aromatic rings. The quantitative estimate of drug-likeness (QED) is 0.251. The molecule has 3 atom stereocenters. The number of unbranched alkanes of at least 4 members (excludes halogenated alkanes) is 1. The molecular weight excluding hydrogens is 268 g/mol. The second-order valence-electron chi connectivity index (χ2n) is 7.43. The summed E-state index contributed by atoms with van der Waals surface area (Å²) in [6.07, 6.45) is 10.4.